The number of carboxylic acid groups (broad SMARTS) is 1. The molecule has 96 valence electrons. The van der Waals surface area contributed by atoms with Crippen LogP contribution in [0.3, 0.4) is 0 Å². The van der Waals surface area contributed by atoms with E-state index in [1.165, 1.54) is 0 Å². The van der Waals surface area contributed by atoms with Gasteiger partial charge in [0.15, 0.2) is 0 Å². The first-order valence-electron chi connectivity index (χ1n) is 5.75. The summed E-state index contributed by atoms with van der Waals surface area (Å²) in [6.45, 7) is 4.06. The highest BCUT2D eigenvalue weighted by Crippen LogP contribution is 2.26. The maximum Gasteiger partial charge on any atom is 0.309 e. The number of aryl methyl sites for hydroxylation is 1. The first kappa shape index (κ1) is 13.1. The number of hydrogen-bond donors (Lipinski definition) is 1. The van der Waals surface area contributed by atoms with Gasteiger partial charge >= 0.3 is 5.97 Å². The van der Waals surface area contributed by atoms with Gasteiger partial charge in [0, 0.05) is 16.4 Å². The van der Waals surface area contributed by atoms with Crippen molar-refractivity contribution in [3.63, 3.8) is 0 Å². The fourth-order valence-electron chi connectivity index (χ4n) is 1.74. The molecule has 1 N–H and O–H groups in total. The molecule has 0 fully saturated rings. The molecule has 1 aromatic carbocycles. The van der Waals surface area contributed by atoms with Gasteiger partial charge in [0.05, 0.1) is 17.1 Å². The van der Waals surface area contributed by atoms with E-state index in [-0.39, 0.29) is 0 Å². The van der Waals surface area contributed by atoms with Gasteiger partial charge in [-0.05, 0) is 32.4 Å². The van der Waals surface area contributed by atoms with Crippen molar-refractivity contribution in [1.82, 2.24) is 9.78 Å². The van der Waals surface area contributed by atoms with Crippen molar-refractivity contribution in [3.8, 4) is 0 Å². The van der Waals surface area contributed by atoms with Crippen molar-refractivity contribution in [2.45, 2.75) is 26.8 Å². The molecule has 0 saturated heterocycles. The van der Waals surface area contributed by atoms with Gasteiger partial charge in [-0.15, -0.1) is 0 Å². The summed E-state index contributed by atoms with van der Waals surface area (Å²) in [6, 6.07) is 5.91. The summed E-state index contributed by atoms with van der Waals surface area (Å²) < 4.78 is 2.86. The number of aliphatic carboxylic acids is 1. The Morgan fingerprint density at radius 3 is 2.89 bits per heavy atom. The summed E-state index contributed by atoms with van der Waals surface area (Å²) in [5.74, 6) is -0.778. The lowest BCUT2D eigenvalue weighted by Gasteiger charge is -2.18. The van der Waals surface area contributed by atoms with E-state index in [9.17, 15) is 4.79 Å². The monoisotopic (exact) mass is 310 g/mol. The molecule has 5 heteroatoms. The van der Waals surface area contributed by atoms with Crippen LogP contribution in [0.2, 0.25) is 0 Å². The van der Waals surface area contributed by atoms with Crippen molar-refractivity contribution < 1.29 is 9.90 Å². The smallest absolute Gasteiger partial charge is 0.309 e. The minimum atomic E-state index is -0.778. The van der Waals surface area contributed by atoms with Gasteiger partial charge in [-0.2, -0.15) is 5.10 Å². The second-order valence-corrected chi connectivity index (χ2v) is 5.83. The maximum atomic E-state index is 11.1. The summed E-state index contributed by atoms with van der Waals surface area (Å²) in [5.41, 5.74) is 0.287. The Bertz CT molecular complexity index is 590. The summed E-state index contributed by atoms with van der Waals surface area (Å²) in [6.07, 6.45) is 2.35. The van der Waals surface area contributed by atoms with Crippen LogP contribution in [0, 0.1) is 5.41 Å². The topological polar surface area (TPSA) is 55.1 Å². The van der Waals surface area contributed by atoms with Crippen LogP contribution in [0.25, 0.3) is 10.9 Å². The second-order valence-electron chi connectivity index (χ2n) is 4.98. The minimum absolute atomic E-state index is 0.547. The predicted octanol–water partition coefficient (Wildman–Crippen LogP) is 3.30. The van der Waals surface area contributed by atoms with Crippen molar-refractivity contribution in [1.29, 1.82) is 0 Å². The number of benzene rings is 1. The Balaban J connectivity index is 2.23. The van der Waals surface area contributed by atoms with Gasteiger partial charge in [0.1, 0.15) is 0 Å². The Hall–Kier alpha value is -1.36. The number of fused-ring (bicyclic) bond motifs is 1. The van der Waals surface area contributed by atoms with Crippen LogP contribution in [0.5, 0.6) is 0 Å². The molecule has 4 nitrogen and oxygen atoms in total. The number of carboxylic acids is 1. The standard InChI is InChI=1S/C13H15BrN2O2/c1-13(2,12(17)18)6-7-16-11-5-3-4-10(14)9(11)8-15-16/h3-5,8H,6-7H2,1-2H3,(H,17,18). The molecular weight excluding hydrogens is 296 g/mol. The first-order valence-corrected chi connectivity index (χ1v) is 6.54. The number of rotatable bonds is 4. The molecule has 2 rings (SSSR count). The summed E-state index contributed by atoms with van der Waals surface area (Å²) >= 11 is 3.48. The van der Waals surface area contributed by atoms with Gasteiger partial charge in [-0.3, -0.25) is 9.48 Å². The molecule has 0 bridgehead atoms. The molecule has 0 aliphatic rings. The normalized spacial score (nSPS) is 11.9. The van der Waals surface area contributed by atoms with E-state index in [1.54, 1.807) is 20.0 Å². The van der Waals surface area contributed by atoms with Crippen molar-refractivity contribution in [2.75, 3.05) is 0 Å². The van der Waals surface area contributed by atoms with Crippen LogP contribution in [0.4, 0.5) is 0 Å². The average molecular weight is 311 g/mol. The van der Waals surface area contributed by atoms with Crippen LogP contribution in [0.15, 0.2) is 28.9 Å². The fourth-order valence-corrected chi connectivity index (χ4v) is 2.20. The first-order chi connectivity index (χ1) is 8.42. The zero-order valence-corrected chi connectivity index (χ0v) is 11.9. The molecular formula is C13H15BrN2O2. The highest BCUT2D eigenvalue weighted by molar-refractivity contribution is 9.10. The largest absolute Gasteiger partial charge is 0.481 e. The number of carbonyl (C=O) groups is 1. The van der Waals surface area contributed by atoms with E-state index >= 15 is 0 Å². The molecule has 0 spiro atoms. The Morgan fingerprint density at radius 2 is 2.22 bits per heavy atom. The van der Waals surface area contributed by atoms with Gasteiger partial charge in [-0.25, -0.2) is 0 Å². The number of aromatic nitrogens is 2. The van der Waals surface area contributed by atoms with E-state index in [0.29, 0.717) is 13.0 Å². The van der Waals surface area contributed by atoms with Gasteiger partial charge in [-0.1, -0.05) is 22.0 Å². The van der Waals surface area contributed by atoms with Gasteiger partial charge in [0.2, 0.25) is 0 Å². The summed E-state index contributed by atoms with van der Waals surface area (Å²) in [4.78, 5) is 11.1. The third kappa shape index (κ3) is 2.41. The van der Waals surface area contributed by atoms with Gasteiger partial charge < -0.3 is 5.11 Å². The van der Waals surface area contributed by atoms with E-state index in [4.69, 9.17) is 5.11 Å². The molecule has 1 aromatic heterocycles. The predicted molar refractivity (Wildman–Crippen MR) is 73.5 cm³/mol. The Labute approximate surface area is 114 Å². The second kappa shape index (κ2) is 4.72. The van der Waals surface area contributed by atoms with E-state index < -0.39 is 11.4 Å². The molecule has 0 radical (unpaired) electrons. The molecule has 0 amide bonds. The highest BCUT2D eigenvalue weighted by Gasteiger charge is 2.26. The SMILES string of the molecule is CC(C)(CCn1ncc2c(Br)cccc21)C(=O)O. The molecule has 0 unspecified atom stereocenters. The van der Waals surface area contributed by atoms with Crippen molar-refractivity contribution in [3.05, 3.63) is 28.9 Å². The van der Waals surface area contributed by atoms with E-state index in [2.05, 4.69) is 21.0 Å². The van der Waals surface area contributed by atoms with Gasteiger partial charge in [0.25, 0.3) is 0 Å². The van der Waals surface area contributed by atoms with Crippen LogP contribution in [-0.4, -0.2) is 20.9 Å². The third-order valence-electron chi connectivity index (χ3n) is 3.16. The van der Waals surface area contributed by atoms with Crippen molar-refractivity contribution >= 4 is 32.8 Å². The van der Waals surface area contributed by atoms with E-state index in [1.807, 2.05) is 22.9 Å². The molecule has 0 atom stereocenters. The van der Waals surface area contributed by atoms with Crippen LogP contribution in [-0.2, 0) is 11.3 Å². The lowest BCUT2D eigenvalue weighted by molar-refractivity contribution is -0.147. The number of halogens is 1. The van der Waals surface area contributed by atoms with Crippen LogP contribution < -0.4 is 0 Å². The maximum absolute atomic E-state index is 11.1. The van der Waals surface area contributed by atoms with Crippen LogP contribution >= 0.6 is 15.9 Å². The average Bonchev–Trinajstić information content (AvgIpc) is 2.71. The van der Waals surface area contributed by atoms with E-state index in [0.717, 1.165) is 15.4 Å². The summed E-state index contributed by atoms with van der Waals surface area (Å²) in [5, 5.41) is 14.4. The number of hydrogen-bond acceptors (Lipinski definition) is 2. The minimum Gasteiger partial charge on any atom is -0.481 e. The lowest BCUT2D eigenvalue weighted by atomic mass is 9.90. The fraction of sp³-hybridized carbons (Fsp3) is 0.385. The van der Waals surface area contributed by atoms with Crippen LogP contribution in [0.1, 0.15) is 20.3 Å². The zero-order valence-electron chi connectivity index (χ0n) is 10.4. The number of nitrogens with zero attached hydrogens (tertiary/aromatic N) is 2. The Kier molecular flexibility index (Phi) is 3.43. The molecule has 1 heterocycles. The highest BCUT2D eigenvalue weighted by atomic mass is 79.9. The zero-order chi connectivity index (χ0) is 13.3. The lowest BCUT2D eigenvalue weighted by Crippen LogP contribution is -2.25. The molecule has 0 saturated carbocycles. The quantitative estimate of drug-likeness (QED) is 0.942. The Morgan fingerprint density at radius 1 is 1.50 bits per heavy atom. The molecule has 0 aliphatic carbocycles. The molecule has 18 heavy (non-hydrogen) atoms. The summed E-state index contributed by atoms with van der Waals surface area (Å²) in [7, 11) is 0. The molecule has 2 aromatic rings. The van der Waals surface area contributed by atoms with Crippen molar-refractivity contribution in [2.24, 2.45) is 5.41 Å². The molecule has 0 aliphatic heterocycles. The third-order valence-corrected chi connectivity index (χ3v) is 3.85.